The maximum absolute atomic E-state index is 12.7. The lowest BCUT2D eigenvalue weighted by molar-refractivity contribution is 0.0780. The number of aryl methyl sites for hydroxylation is 1. The molecule has 1 amide bonds. The number of hydrogen-bond acceptors (Lipinski definition) is 4. The van der Waals surface area contributed by atoms with Crippen LogP contribution in [0.4, 0.5) is 5.82 Å². The second-order valence-corrected chi connectivity index (χ2v) is 6.29. The first-order valence-electron chi connectivity index (χ1n) is 7.98. The molecule has 5 heteroatoms. The van der Waals surface area contributed by atoms with Crippen molar-refractivity contribution in [1.29, 1.82) is 0 Å². The lowest BCUT2D eigenvalue weighted by Crippen LogP contribution is -2.30. The summed E-state index contributed by atoms with van der Waals surface area (Å²) >= 11 is 0. The highest BCUT2D eigenvalue weighted by molar-refractivity contribution is 5.95. The van der Waals surface area contributed by atoms with Crippen LogP contribution in [0, 0.1) is 11.8 Å². The summed E-state index contributed by atoms with van der Waals surface area (Å²) in [7, 11) is 0. The third-order valence-electron chi connectivity index (χ3n) is 4.79. The molecule has 1 aromatic heterocycles. The van der Waals surface area contributed by atoms with Gasteiger partial charge in [0, 0.05) is 24.3 Å². The van der Waals surface area contributed by atoms with Crippen molar-refractivity contribution in [3.63, 3.8) is 0 Å². The van der Waals surface area contributed by atoms with Gasteiger partial charge in [0.1, 0.15) is 5.82 Å². The molecular formula is C16H24N4O. The zero-order chi connectivity index (χ0) is 14.8. The number of anilines is 1. The van der Waals surface area contributed by atoms with E-state index in [4.69, 9.17) is 5.84 Å². The molecule has 1 saturated carbocycles. The normalized spacial score (nSPS) is 24.2. The monoisotopic (exact) mass is 288 g/mol. The van der Waals surface area contributed by atoms with Gasteiger partial charge in [-0.2, -0.15) is 0 Å². The number of carbonyl (C=O) groups is 1. The van der Waals surface area contributed by atoms with Crippen LogP contribution in [-0.2, 0) is 6.42 Å². The van der Waals surface area contributed by atoms with Crippen molar-refractivity contribution in [3.8, 4) is 0 Å². The second-order valence-electron chi connectivity index (χ2n) is 6.29. The summed E-state index contributed by atoms with van der Waals surface area (Å²) in [5, 5.41) is 0. The zero-order valence-electron chi connectivity index (χ0n) is 12.6. The molecule has 2 aliphatic rings. The minimum atomic E-state index is 0.126. The average molecular weight is 288 g/mol. The Balaban J connectivity index is 1.79. The summed E-state index contributed by atoms with van der Waals surface area (Å²) in [6.45, 7) is 3.94. The van der Waals surface area contributed by atoms with E-state index in [1.807, 2.05) is 11.0 Å². The predicted octanol–water partition coefficient (Wildman–Crippen LogP) is 2.19. The molecule has 2 heterocycles. The number of likely N-dealkylation sites (tertiary alicyclic amines) is 1. The van der Waals surface area contributed by atoms with E-state index in [0.29, 0.717) is 11.4 Å². The van der Waals surface area contributed by atoms with E-state index in [-0.39, 0.29) is 5.91 Å². The molecule has 2 unspecified atom stereocenters. The van der Waals surface area contributed by atoms with Gasteiger partial charge in [-0.05, 0) is 43.2 Å². The van der Waals surface area contributed by atoms with E-state index in [2.05, 4.69) is 17.3 Å². The SMILES string of the molecule is CCCc1cc(C(=O)N2CC3CCCC3C2)cc(NN)n1. The van der Waals surface area contributed by atoms with Gasteiger partial charge in [-0.1, -0.05) is 19.8 Å². The average Bonchev–Trinajstić information content (AvgIpc) is 3.07. The van der Waals surface area contributed by atoms with Crippen LogP contribution >= 0.6 is 0 Å². The maximum Gasteiger partial charge on any atom is 0.254 e. The molecule has 3 rings (SSSR count). The van der Waals surface area contributed by atoms with Gasteiger partial charge in [0.15, 0.2) is 0 Å². The quantitative estimate of drug-likeness (QED) is 0.658. The van der Waals surface area contributed by atoms with Gasteiger partial charge in [-0.15, -0.1) is 0 Å². The van der Waals surface area contributed by atoms with E-state index in [1.165, 1.54) is 19.3 Å². The molecule has 0 bridgehead atoms. The fourth-order valence-corrected chi connectivity index (χ4v) is 3.75. The summed E-state index contributed by atoms with van der Waals surface area (Å²) in [5.74, 6) is 7.61. The molecule has 0 spiro atoms. The Kier molecular flexibility index (Phi) is 4.10. The van der Waals surface area contributed by atoms with Gasteiger partial charge in [-0.25, -0.2) is 10.8 Å². The van der Waals surface area contributed by atoms with Gasteiger partial charge in [0.2, 0.25) is 0 Å². The molecule has 0 radical (unpaired) electrons. The van der Waals surface area contributed by atoms with Crippen molar-refractivity contribution in [1.82, 2.24) is 9.88 Å². The fourth-order valence-electron chi connectivity index (χ4n) is 3.75. The molecule has 2 fully saturated rings. The molecule has 1 aliphatic carbocycles. The number of aromatic nitrogens is 1. The molecule has 21 heavy (non-hydrogen) atoms. The summed E-state index contributed by atoms with van der Waals surface area (Å²) in [6.07, 6.45) is 5.75. The predicted molar refractivity (Wildman–Crippen MR) is 82.8 cm³/mol. The minimum Gasteiger partial charge on any atom is -0.338 e. The van der Waals surface area contributed by atoms with Gasteiger partial charge in [-0.3, -0.25) is 4.79 Å². The number of pyridine rings is 1. The number of fused-ring (bicyclic) bond motifs is 1. The van der Waals surface area contributed by atoms with Gasteiger partial charge in [0.05, 0.1) is 0 Å². The van der Waals surface area contributed by atoms with Crippen molar-refractivity contribution < 1.29 is 4.79 Å². The van der Waals surface area contributed by atoms with Crippen molar-refractivity contribution in [3.05, 3.63) is 23.4 Å². The van der Waals surface area contributed by atoms with Crippen LogP contribution in [0.1, 0.15) is 48.7 Å². The third kappa shape index (κ3) is 2.88. The number of carbonyl (C=O) groups excluding carboxylic acids is 1. The number of nitrogen functional groups attached to an aromatic ring is 1. The topological polar surface area (TPSA) is 71.2 Å². The summed E-state index contributed by atoms with van der Waals surface area (Å²) < 4.78 is 0. The summed E-state index contributed by atoms with van der Waals surface area (Å²) in [4.78, 5) is 19.1. The van der Waals surface area contributed by atoms with E-state index >= 15 is 0 Å². The van der Waals surface area contributed by atoms with Crippen LogP contribution in [0.25, 0.3) is 0 Å². The highest BCUT2D eigenvalue weighted by Crippen LogP contribution is 2.38. The third-order valence-corrected chi connectivity index (χ3v) is 4.79. The Hall–Kier alpha value is -1.62. The number of amides is 1. The van der Waals surface area contributed by atoms with Gasteiger partial charge >= 0.3 is 0 Å². The van der Waals surface area contributed by atoms with Crippen molar-refractivity contribution in [2.24, 2.45) is 17.7 Å². The first-order valence-corrected chi connectivity index (χ1v) is 7.98. The molecule has 3 N–H and O–H groups in total. The second kappa shape index (κ2) is 6.02. The Labute approximate surface area is 125 Å². The van der Waals surface area contributed by atoms with E-state index in [9.17, 15) is 4.79 Å². The molecule has 2 atom stereocenters. The van der Waals surface area contributed by atoms with Crippen molar-refractivity contribution >= 4 is 11.7 Å². The Bertz CT molecular complexity index is 519. The van der Waals surface area contributed by atoms with Crippen LogP contribution in [0.15, 0.2) is 12.1 Å². The van der Waals surface area contributed by atoms with Crippen molar-refractivity contribution in [2.45, 2.75) is 39.0 Å². The Morgan fingerprint density at radius 1 is 1.38 bits per heavy atom. The van der Waals surface area contributed by atoms with E-state index in [0.717, 1.165) is 43.5 Å². The number of nitrogens with one attached hydrogen (secondary N) is 1. The zero-order valence-corrected chi connectivity index (χ0v) is 12.6. The smallest absolute Gasteiger partial charge is 0.254 e. The number of nitrogens with zero attached hydrogens (tertiary/aromatic N) is 2. The lowest BCUT2D eigenvalue weighted by Gasteiger charge is -2.18. The standard InChI is InChI=1S/C16H24N4O/c1-2-4-14-7-13(8-15(18-14)19-17)16(21)20-9-11-5-3-6-12(11)10-20/h7-8,11-12H,2-6,9-10,17H2,1H3,(H,18,19). The number of hydrogen-bond donors (Lipinski definition) is 2. The van der Waals surface area contributed by atoms with Crippen LogP contribution in [0.2, 0.25) is 0 Å². The summed E-state index contributed by atoms with van der Waals surface area (Å²) in [5.41, 5.74) is 4.21. The van der Waals surface area contributed by atoms with Crippen LogP contribution in [-0.4, -0.2) is 28.9 Å². The summed E-state index contributed by atoms with van der Waals surface area (Å²) in [6, 6.07) is 3.68. The fraction of sp³-hybridized carbons (Fsp3) is 0.625. The highest BCUT2D eigenvalue weighted by atomic mass is 16.2. The molecule has 1 saturated heterocycles. The molecule has 0 aromatic carbocycles. The number of rotatable bonds is 4. The number of hydrazine groups is 1. The first kappa shape index (κ1) is 14.3. The first-order chi connectivity index (χ1) is 10.2. The van der Waals surface area contributed by atoms with E-state index in [1.54, 1.807) is 6.07 Å². The van der Waals surface area contributed by atoms with Gasteiger partial charge in [0.25, 0.3) is 5.91 Å². The highest BCUT2D eigenvalue weighted by Gasteiger charge is 2.38. The molecular weight excluding hydrogens is 264 g/mol. The lowest BCUT2D eigenvalue weighted by atomic mass is 10.0. The number of nitrogens with two attached hydrogens (primary N) is 1. The maximum atomic E-state index is 12.7. The van der Waals surface area contributed by atoms with Crippen LogP contribution < -0.4 is 11.3 Å². The largest absolute Gasteiger partial charge is 0.338 e. The molecule has 1 aliphatic heterocycles. The Morgan fingerprint density at radius 3 is 2.71 bits per heavy atom. The minimum absolute atomic E-state index is 0.126. The van der Waals surface area contributed by atoms with Crippen LogP contribution in [0.5, 0.6) is 0 Å². The Morgan fingerprint density at radius 2 is 2.10 bits per heavy atom. The molecule has 1 aromatic rings. The molecule has 5 nitrogen and oxygen atoms in total. The van der Waals surface area contributed by atoms with Crippen molar-refractivity contribution in [2.75, 3.05) is 18.5 Å². The molecule has 114 valence electrons. The van der Waals surface area contributed by atoms with Crippen LogP contribution in [0.3, 0.4) is 0 Å². The van der Waals surface area contributed by atoms with Gasteiger partial charge < -0.3 is 10.3 Å². The van der Waals surface area contributed by atoms with E-state index < -0.39 is 0 Å².